The second kappa shape index (κ2) is 10.6. The van der Waals surface area contributed by atoms with Crippen molar-refractivity contribution in [2.75, 3.05) is 45.0 Å². The van der Waals surface area contributed by atoms with Crippen molar-refractivity contribution in [3.8, 4) is 0 Å². The zero-order valence-electron chi connectivity index (χ0n) is 16.6. The minimum absolute atomic E-state index is 0.0404. The summed E-state index contributed by atoms with van der Waals surface area (Å²) in [5, 5.41) is 3.05. The fourth-order valence-electron chi connectivity index (χ4n) is 3.99. The number of sulfonamides is 1. The molecule has 0 aromatic rings. The zero-order chi connectivity index (χ0) is 19.0. The molecular formula is C19H37N3O3S. The molecule has 0 spiro atoms. The van der Waals surface area contributed by atoms with E-state index >= 15 is 0 Å². The standard InChI is InChI=1S/C19H37N3O3S/c1-3-17(4-2)16-26(24,25)22-14-8-18(9-15-22)19(23)20-10-7-13-21-11-5-6-12-21/h17-18H,3-16H2,1-2H3,(H,20,23). The molecule has 1 amide bonds. The SMILES string of the molecule is CCC(CC)CS(=O)(=O)N1CCC(C(=O)NCCCN2CCCC2)CC1. The molecule has 0 bridgehead atoms. The third kappa shape index (κ3) is 6.50. The number of nitrogens with zero attached hydrogens (tertiary/aromatic N) is 2. The number of likely N-dealkylation sites (tertiary alicyclic amines) is 1. The first-order chi connectivity index (χ1) is 12.5. The molecule has 2 saturated heterocycles. The molecule has 0 radical (unpaired) electrons. The minimum atomic E-state index is -3.19. The van der Waals surface area contributed by atoms with Crippen molar-refractivity contribution in [2.45, 2.75) is 58.8 Å². The quantitative estimate of drug-likeness (QED) is 0.583. The molecule has 152 valence electrons. The van der Waals surface area contributed by atoms with Crippen molar-refractivity contribution in [1.82, 2.24) is 14.5 Å². The molecule has 0 aromatic carbocycles. The van der Waals surface area contributed by atoms with Crippen LogP contribution in [0, 0.1) is 11.8 Å². The number of hydrogen-bond acceptors (Lipinski definition) is 4. The lowest BCUT2D eigenvalue weighted by Crippen LogP contribution is -2.44. The summed E-state index contributed by atoms with van der Waals surface area (Å²) in [5.74, 6) is 0.536. The molecule has 26 heavy (non-hydrogen) atoms. The lowest BCUT2D eigenvalue weighted by Gasteiger charge is -2.31. The summed E-state index contributed by atoms with van der Waals surface area (Å²) in [4.78, 5) is 14.8. The minimum Gasteiger partial charge on any atom is -0.356 e. The Bertz CT molecular complexity index is 520. The third-order valence-electron chi connectivity index (χ3n) is 5.97. The molecule has 2 heterocycles. The van der Waals surface area contributed by atoms with Crippen LogP contribution in [-0.4, -0.2) is 68.6 Å². The van der Waals surface area contributed by atoms with Crippen molar-refractivity contribution in [3.05, 3.63) is 0 Å². The number of amides is 1. The van der Waals surface area contributed by atoms with Crippen LogP contribution in [0.25, 0.3) is 0 Å². The van der Waals surface area contributed by atoms with Crippen LogP contribution >= 0.6 is 0 Å². The summed E-state index contributed by atoms with van der Waals surface area (Å²) in [6.07, 6.45) is 6.66. The van der Waals surface area contributed by atoms with Crippen LogP contribution in [-0.2, 0) is 14.8 Å². The van der Waals surface area contributed by atoms with E-state index in [1.165, 1.54) is 25.9 Å². The average molecular weight is 388 g/mol. The Morgan fingerprint density at radius 1 is 1.08 bits per heavy atom. The number of piperidine rings is 1. The van der Waals surface area contributed by atoms with Crippen molar-refractivity contribution < 1.29 is 13.2 Å². The van der Waals surface area contributed by atoms with Crippen molar-refractivity contribution >= 4 is 15.9 Å². The Morgan fingerprint density at radius 3 is 2.27 bits per heavy atom. The van der Waals surface area contributed by atoms with Gasteiger partial charge in [-0.25, -0.2) is 12.7 Å². The highest BCUT2D eigenvalue weighted by molar-refractivity contribution is 7.89. The Balaban J connectivity index is 1.67. The molecule has 0 unspecified atom stereocenters. The van der Waals surface area contributed by atoms with Crippen LogP contribution in [0.15, 0.2) is 0 Å². The Morgan fingerprint density at radius 2 is 1.69 bits per heavy atom. The zero-order valence-corrected chi connectivity index (χ0v) is 17.4. The first-order valence-electron chi connectivity index (χ1n) is 10.4. The highest BCUT2D eigenvalue weighted by Gasteiger charge is 2.31. The van der Waals surface area contributed by atoms with Gasteiger partial charge < -0.3 is 10.2 Å². The fourth-order valence-corrected chi connectivity index (χ4v) is 6.03. The highest BCUT2D eigenvalue weighted by Crippen LogP contribution is 2.22. The van der Waals surface area contributed by atoms with Crippen LogP contribution < -0.4 is 5.32 Å². The molecule has 2 aliphatic rings. The lowest BCUT2D eigenvalue weighted by atomic mass is 9.97. The lowest BCUT2D eigenvalue weighted by molar-refractivity contribution is -0.126. The maximum absolute atomic E-state index is 12.5. The molecule has 0 atom stereocenters. The molecule has 2 fully saturated rings. The first-order valence-corrected chi connectivity index (χ1v) is 12.0. The Hall–Kier alpha value is -0.660. The molecule has 0 aliphatic carbocycles. The normalized spacial score (nSPS) is 20.7. The van der Waals surface area contributed by atoms with Crippen molar-refractivity contribution in [1.29, 1.82) is 0 Å². The van der Waals surface area contributed by atoms with Gasteiger partial charge in [-0.2, -0.15) is 0 Å². The monoisotopic (exact) mass is 387 g/mol. The highest BCUT2D eigenvalue weighted by atomic mass is 32.2. The van der Waals surface area contributed by atoms with Gasteiger partial charge in [-0.05, 0) is 57.7 Å². The van der Waals surface area contributed by atoms with E-state index < -0.39 is 10.0 Å². The van der Waals surface area contributed by atoms with E-state index in [0.717, 1.165) is 32.4 Å². The predicted molar refractivity (Wildman–Crippen MR) is 105 cm³/mol. The molecule has 2 aliphatic heterocycles. The van der Waals surface area contributed by atoms with Gasteiger partial charge in [0.1, 0.15) is 0 Å². The summed E-state index contributed by atoms with van der Waals surface area (Å²) >= 11 is 0. The van der Waals surface area contributed by atoms with Crippen LogP contribution in [0.2, 0.25) is 0 Å². The summed E-state index contributed by atoms with van der Waals surface area (Å²) in [7, 11) is -3.19. The summed E-state index contributed by atoms with van der Waals surface area (Å²) in [6.45, 7) is 9.22. The van der Waals surface area contributed by atoms with Gasteiger partial charge in [-0.15, -0.1) is 0 Å². The summed E-state index contributed by atoms with van der Waals surface area (Å²) in [6, 6.07) is 0. The molecule has 0 saturated carbocycles. The average Bonchev–Trinajstić information content (AvgIpc) is 3.16. The van der Waals surface area contributed by atoms with Gasteiger partial charge >= 0.3 is 0 Å². The summed E-state index contributed by atoms with van der Waals surface area (Å²) in [5.41, 5.74) is 0. The molecular weight excluding hydrogens is 350 g/mol. The van der Waals surface area contributed by atoms with E-state index in [0.29, 0.717) is 25.9 Å². The number of nitrogens with one attached hydrogen (secondary N) is 1. The fraction of sp³-hybridized carbons (Fsp3) is 0.947. The van der Waals surface area contributed by atoms with Gasteiger partial charge in [0.2, 0.25) is 15.9 Å². The number of hydrogen-bond donors (Lipinski definition) is 1. The molecule has 7 heteroatoms. The van der Waals surface area contributed by atoms with Gasteiger partial charge in [0.25, 0.3) is 0 Å². The number of rotatable bonds is 10. The van der Waals surface area contributed by atoms with Crippen LogP contribution in [0.1, 0.15) is 58.8 Å². The van der Waals surface area contributed by atoms with E-state index in [9.17, 15) is 13.2 Å². The molecule has 1 N–H and O–H groups in total. The van der Waals surface area contributed by atoms with E-state index in [-0.39, 0.29) is 23.5 Å². The van der Waals surface area contributed by atoms with E-state index in [1.54, 1.807) is 4.31 Å². The van der Waals surface area contributed by atoms with Crippen LogP contribution in [0.3, 0.4) is 0 Å². The van der Waals surface area contributed by atoms with E-state index in [1.807, 2.05) is 13.8 Å². The first kappa shape index (κ1) is 21.6. The maximum Gasteiger partial charge on any atom is 0.223 e. The second-order valence-electron chi connectivity index (χ2n) is 7.83. The molecule has 0 aromatic heterocycles. The summed E-state index contributed by atoms with van der Waals surface area (Å²) < 4.78 is 26.7. The van der Waals surface area contributed by atoms with Crippen molar-refractivity contribution in [3.63, 3.8) is 0 Å². The largest absolute Gasteiger partial charge is 0.356 e. The van der Waals surface area contributed by atoms with Gasteiger partial charge in [0, 0.05) is 25.6 Å². The third-order valence-corrected chi connectivity index (χ3v) is 8.01. The van der Waals surface area contributed by atoms with Crippen molar-refractivity contribution in [2.24, 2.45) is 11.8 Å². The van der Waals surface area contributed by atoms with Gasteiger partial charge in [0.15, 0.2) is 0 Å². The Labute approximate surface area is 159 Å². The van der Waals surface area contributed by atoms with Crippen LogP contribution in [0.4, 0.5) is 0 Å². The number of carbonyl (C=O) groups excluding carboxylic acids is 1. The van der Waals surface area contributed by atoms with Crippen LogP contribution in [0.5, 0.6) is 0 Å². The van der Waals surface area contributed by atoms with Gasteiger partial charge in [-0.1, -0.05) is 26.7 Å². The maximum atomic E-state index is 12.5. The van der Waals surface area contributed by atoms with Gasteiger partial charge in [0.05, 0.1) is 5.75 Å². The smallest absolute Gasteiger partial charge is 0.223 e. The Kier molecular flexibility index (Phi) is 8.84. The second-order valence-corrected chi connectivity index (χ2v) is 9.84. The van der Waals surface area contributed by atoms with E-state index in [4.69, 9.17) is 0 Å². The number of carbonyl (C=O) groups is 1. The molecule has 2 rings (SSSR count). The van der Waals surface area contributed by atoms with Gasteiger partial charge in [-0.3, -0.25) is 4.79 Å². The molecule has 6 nitrogen and oxygen atoms in total. The van der Waals surface area contributed by atoms with E-state index in [2.05, 4.69) is 10.2 Å². The topological polar surface area (TPSA) is 69.7 Å². The predicted octanol–water partition coefficient (Wildman–Crippen LogP) is 2.07.